The minimum atomic E-state index is -0.206. The van der Waals surface area contributed by atoms with Gasteiger partial charge in [-0.05, 0) is 12.5 Å². The fraction of sp³-hybridized carbons (Fsp3) is 0.300. The van der Waals surface area contributed by atoms with E-state index < -0.39 is 0 Å². The summed E-state index contributed by atoms with van der Waals surface area (Å²) in [5.41, 5.74) is 1.52. The van der Waals surface area contributed by atoms with Crippen LogP contribution in [0.25, 0.3) is 0 Å². The van der Waals surface area contributed by atoms with Crippen LogP contribution in [0.2, 0.25) is 0 Å². The van der Waals surface area contributed by atoms with E-state index in [1.54, 1.807) is 12.4 Å². The van der Waals surface area contributed by atoms with E-state index in [0.29, 0.717) is 5.69 Å². The zero-order valence-electron chi connectivity index (χ0n) is 7.42. The molecule has 68 valence electrons. The fourth-order valence-electron chi connectivity index (χ4n) is 1.57. The monoisotopic (exact) mass is 178 g/mol. The van der Waals surface area contributed by atoms with Crippen LogP contribution in [0.15, 0.2) is 23.2 Å². The van der Waals surface area contributed by atoms with Gasteiger partial charge < -0.3 is 5.32 Å². The highest BCUT2D eigenvalue weighted by Gasteiger charge is 2.17. The van der Waals surface area contributed by atoms with E-state index in [0.717, 1.165) is 12.0 Å². The van der Waals surface area contributed by atoms with Gasteiger partial charge >= 0.3 is 0 Å². The van der Waals surface area contributed by atoms with Crippen molar-refractivity contribution in [2.24, 2.45) is 4.99 Å². The van der Waals surface area contributed by atoms with Crippen molar-refractivity contribution >= 4 is 12.0 Å². The number of rotatable bonds is 1. The van der Waals surface area contributed by atoms with Gasteiger partial charge in [0.05, 0.1) is 18.1 Å². The largest absolute Gasteiger partial charge is 0.344 e. The van der Waals surface area contributed by atoms with Crippen molar-refractivity contribution in [2.45, 2.75) is 19.4 Å². The standard InChI is InChI=1S/C10H11FN2/c1-2-9-7-4-3-5-8(11)10(7)13-6-12-9/h3-6,9H,2H2,1H3,(H,12,13). The Kier molecular flexibility index (Phi) is 2.00. The molecule has 1 aromatic carbocycles. The zero-order chi connectivity index (χ0) is 9.26. The van der Waals surface area contributed by atoms with Gasteiger partial charge in [-0.2, -0.15) is 0 Å². The van der Waals surface area contributed by atoms with Gasteiger partial charge in [0.15, 0.2) is 0 Å². The molecule has 0 fully saturated rings. The third-order valence-corrected chi connectivity index (χ3v) is 2.25. The van der Waals surface area contributed by atoms with Crippen LogP contribution in [0.4, 0.5) is 10.1 Å². The number of benzene rings is 1. The lowest BCUT2D eigenvalue weighted by molar-refractivity contribution is 0.620. The van der Waals surface area contributed by atoms with Crippen LogP contribution in [0, 0.1) is 5.82 Å². The molecule has 13 heavy (non-hydrogen) atoms. The maximum atomic E-state index is 13.3. The Morgan fingerprint density at radius 2 is 2.38 bits per heavy atom. The second kappa shape index (κ2) is 3.17. The van der Waals surface area contributed by atoms with Gasteiger partial charge in [-0.15, -0.1) is 0 Å². The normalized spacial score (nSPS) is 19.4. The molecular formula is C10H11FN2. The van der Waals surface area contributed by atoms with Gasteiger partial charge in [-0.3, -0.25) is 4.99 Å². The third kappa shape index (κ3) is 1.30. The number of hydrogen-bond donors (Lipinski definition) is 1. The minimum absolute atomic E-state index is 0.104. The Morgan fingerprint density at radius 1 is 1.54 bits per heavy atom. The second-order valence-corrected chi connectivity index (χ2v) is 3.05. The third-order valence-electron chi connectivity index (χ3n) is 2.25. The van der Waals surface area contributed by atoms with Crippen molar-refractivity contribution in [1.82, 2.24) is 0 Å². The summed E-state index contributed by atoms with van der Waals surface area (Å²) in [4.78, 5) is 4.23. The molecule has 2 nitrogen and oxygen atoms in total. The van der Waals surface area contributed by atoms with Crippen molar-refractivity contribution in [3.63, 3.8) is 0 Å². The SMILES string of the molecule is CCC1N=CNc2c(F)cccc21. The Balaban J connectivity index is 2.50. The summed E-state index contributed by atoms with van der Waals surface area (Å²) in [5.74, 6) is -0.206. The van der Waals surface area contributed by atoms with Gasteiger partial charge in [-0.1, -0.05) is 19.1 Å². The van der Waals surface area contributed by atoms with Gasteiger partial charge in [0.2, 0.25) is 0 Å². The zero-order valence-corrected chi connectivity index (χ0v) is 7.42. The molecule has 1 atom stereocenters. The first-order valence-electron chi connectivity index (χ1n) is 4.39. The summed E-state index contributed by atoms with van der Waals surface area (Å²) in [6, 6.07) is 5.19. The van der Waals surface area contributed by atoms with Gasteiger partial charge in [0.1, 0.15) is 5.82 Å². The first-order chi connectivity index (χ1) is 6.33. The van der Waals surface area contributed by atoms with Crippen LogP contribution in [-0.4, -0.2) is 6.34 Å². The molecule has 1 N–H and O–H groups in total. The molecule has 1 unspecified atom stereocenters. The highest BCUT2D eigenvalue weighted by Crippen LogP contribution is 2.32. The predicted octanol–water partition coefficient (Wildman–Crippen LogP) is 2.73. The number of halogens is 1. The lowest BCUT2D eigenvalue weighted by Gasteiger charge is -2.19. The summed E-state index contributed by atoms with van der Waals surface area (Å²) in [7, 11) is 0. The van der Waals surface area contributed by atoms with E-state index in [-0.39, 0.29) is 11.9 Å². The number of anilines is 1. The average molecular weight is 178 g/mol. The van der Waals surface area contributed by atoms with Crippen LogP contribution in [0.3, 0.4) is 0 Å². The molecular weight excluding hydrogens is 167 g/mol. The lowest BCUT2D eigenvalue weighted by atomic mass is 10.0. The number of para-hydroxylation sites is 1. The quantitative estimate of drug-likeness (QED) is 0.702. The maximum absolute atomic E-state index is 13.3. The highest BCUT2D eigenvalue weighted by atomic mass is 19.1. The fourth-order valence-corrected chi connectivity index (χ4v) is 1.57. The molecule has 0 aromatic heterocycles. The van der Waals surface area contributed by atoms with Gasteiger partial charge in [0.25, 0.3) is 0 Å². The van der Waals surface area contributed by atoms with Crippen molar-refractivity contribution in [3.05, 3.63) is 29.6 Å². The van der Waals surface area contributed by atoms with E-state index >= 15 is 0 Å². The van der Waals surface area contributed by atoms with Crippen LogP contribution >= 0.6 is 0 Å². The van der Waals surface area contributed by atoms with Crippen molar-refractivity contribution in [2.75, 3.05) is 5.32 Å². The molecule has 0 spiro atoms. The topological polar surface area (TPSA) is 24.4 Å². The smallest absolute Gasteiger partial charge is 0.147 e. The first-order valence-corrected chi connectivity index (χ1v) is 4.39. The Morgan fingerprint density at radius 3 is 3.15 bits per heavy atom. The Bertz CT molecular complexity index is 347. The number of fused-ring (bicyclic) bond motifs is 1. The Hall–Kier alpha value is -1.38. The van der Waals surface area contributed by atoms with E-state index in [4.69, 9.17) is 0 Å². The van der Waals surface area contributed by atoms with E-state index in [9.17, 15) is 4.39 Å². The molecule has 0 saturated heterocycles. The molecule has 1 aliphatic heterocycles. The second-order valence-electron chi connectivity index (χ2n) is 3.05. The Labute approximate surface area is 76.5 Å². The molecule has 0 bridgehead atoms. The van der Waals surface area contributed by atoms with Crippen LogP contribution < -0.4 is 5.32 Å². The number of aliphatic imine (C=N–C) groups is 1. The number of hydrogen-bond acceptors (Lipinski definition) is 2. The predicted molar refractivity (Wildman–Crippen MR) is 51.5 cm³/mol. The summed E-state index contributed by atoms with van der Waals surface area (Å²) in [6.07, 6.45) is 2.47. The molecule has 1 heterocycles. The summed E-state index contributed by atoms with van der Waals surface area (Å²) in [5, 5.41) is 2.83. The first kappa shape index (κ1) is 8.23. The highest BCUT2D eigenvalue weighted by molar-refractivity contribution is 5.80. The van der Waals surface area contributed by atoms with E-state index in [2.05, 4.69) is 10.3 Å². The summed E-state index contributed by atoms with van der Waals surface area (Å²) >= 11 is 0. The van der Waals surface area contributed by atoms with Crippen LogP contribution in [0.5, 0.6) is 0 Å². The molecule has 1 aromatic rings. The average Bonchev–Trinajstić information content (AvgIpc) is 2.18. The van der Waals surface area contributed by atoms with E-state index in [1.807, 2.05) is 13.0 Å². The molecule has 2 rings (SSSR count). The summed E-state index contributed by atoms with van der Waals surface area (Å²) in [6.45, 7) is 2.04. The van der Waals surface area contributed by atoms with Gasteiger partial charge in [0, 0.05) is 5.56 Å². The molecule has 0 radical (unpaired) electrons. The van der Waals surface area contributed by atoms with Crippen molar-refractivity contribution in [1.29, 1.82) is 0 Å². The number of nitrogens with zero attached hydrogens (tertiary/aromatic N) is 1. The molecule has 1 aliphatic rings. The number of nitrogens with one attached hydrogen (secondary N) is 1. The van der Waals surface area contributed by atoms with Crippen molar-refractivity contribution in [3.8, 4) is 0 Å². The van der Waals surface area contributed by atoms with Crippen LogP contribution in [0.1, 0.15) is 24.9 Å². The van der Waals surface area contributed by atoms with Crippen molar-refractivity contribution < 1.29 is 4.39 Å². The van der Waals surface area contributed by atoms with Crippen LogP contribution in [-0.2, 0) is 0 Å². The van der Waals surface area contributed by atoms with Gasteiger partial charge in [-0.25, -0.2) is 4.39 Å². The minimum Gasteiger partial charge on any atom is -0.344 e. The van der Waals surface area contributed by atoms with E-state index in [1.165, 1.54) is 6.07 Å². The molecule has 0 aliphatic carbocycles. The summed E-state index contributed by atoms with van der Waals surface area (Å²) < 4.78 is 13.3. The molecule has 0 amide bonds. The lowest BCUT2D eigenvalue weighted by Crippen LogP contribution is -2.11. The molecule has 3 heteroatoms. The molecule has 0 saturated carbocycles. The maximum Gasteiger partial charge on any atom is 0.147 e.